The number of rotatable bonds is 8. The van der Waals surface area contributed by atoms with Crippen molar-refractivity contribution in [2.75, 3.05) is 0 Å². The minimum atomic E-state index is -4.10. The molecule has 0 aliphatic heterocycles. The van der Waals surface area contributed by atoms with Gasteiger partial charge in [0.1, 0.15) is 29.0 Å². The largest absolute Gasteiger partial charge is 0.489 e. The Kier molecular flexibility index (Phi) is 8.04. The second-order valence-electron chi connectivity index (χ2n) is 8.73. The number of sulfone groups is 1. The molecule has 5 rings (SSSR count). The minimum absolute atomic E-state index is 0.0284. The van der Waals surface area contributed by atoms with Gasteiger partial charge >= 0.3 is 0 Å². The number of para-hydroxylation sites is 1. The molecule has 0 spiro atoms. The summed E-state index contributed by atoms with van der Waals surface area (Å²) in [5.74, 6) is 0.603. The maximum atomic E-state index is 13.3. The minimum Gasteiger partial charge on any atom is -0.489 e. The zero-order chi connectivity index (χ0) is 28.1. The van der Waals surface area contributed by atoms with Crippen molar-refractivity contribution in [3.05, 3.63) is 135 Å². The molecule has 40 heavy (non-hydrogen) atoms. The van der Waals surface area contributed by atoms with E-state index in [1.165, 1.54) is 30.3 Å². The second-order valence-corrected chi connectivity index (χ2v) is 11.5. The fourth-order valence-electron chi connectivity index (χ4n) is 3.96. The van der Waals surface area contributed by atoms with E-state index in [9.17, 15) is 13.7 Å². The van der Waals surface area contributed by atoms with Crippen molar-refractivity contribution >= 4 is 39.1 Å². The molecule has 0 amide bonds. The summed E-state index contributed by atoms with van der Waals surface area (Å²) in [6.07, 6.45) is 3.04. The first-order chi connectivity index (χ1) is 19.3. The Morgan fingerprint density at radius 2 is 1.57 bits per heavy atom. The standard InChI is InChI=1S/C31H21Cl2N3O3S/c32-25-11-9-22(10-12-25)21-39-28-8-4-5-23(17-28)31-24(20-36(35-31)27-6-2-1-3-7-27)18-30(19-34)40(37,38)29-15-13-26(33)14-16-29/h1-18,20H,21H2/b30-18-. The lowest BCUT2D eigenvalue weighted by atomic mass is 10.1. The van der Waals surface area contributed by atoms with Crippen molar-refractivity contribution in [1.29, 1.82) is 5.26 Å². The van der Waals surface area contributed by atoms with Crippen LogP contribution in [0.15, 0.2) is 119 Å². The first-order valence-electron chi connectivity index (χ1n) is 12.1. The predicted molar refractivity (Wildman–Crippen MR) is 157 cm³/mol. The van der Waals surface area contributed by atoms with Crippen LogP contribution in [0.4, 0.5) is 0 Å². The lowest BCUT2D eigenvalue weighted by Crippen LogP contribution is -2.03. The number of halogens is 2. The highest BCUT2D eigenvalue weighted by molar-refractivity contribution is 7.95. The Labute approximate surface area is 242 Å². The summed E-state index contributed by atoms with van der Waals surface area (Å²) >= 11 is 11.9. The zero-order valence-electron chi connectivity index (χ0n) is 20.9. The van der Waals surface area contributed by atoms with Crippen LogP contribution in [0.25, 0.3) is 23.0 Å². The van der Waals surface area contributed by atoms with Gasteiger partial charge in [-0.05, 0) is 72.3 Å². The zero-order valence-corrected chi connectivity index (χ0v) is 23.2. The van der Waals surface area contributed by atoms with Gasteiger partial charge in [0.2, 0.25) is 9.84 Å². The van der Waals surface area contributed by atoms with Gasteiger partial charge in [0.05, 0.1) is 10.6 Å². The molecule has 4 aromatic carbocycles. The van der Waals surface area contributed by atoms with Crippen LogP contribution < -0.4 is 4.74 Å². The summed E-state index contributed by atoms with van der Waals surface area (Å²) < 4.78 is 34.3. The molecular formula is C31H21Cl2N3O3S. The number of hydrogen-bond acceptors (Lipinski definition) is 5. The lowest BCUT2D eigenvalue weighted by Gasteiger charge is -2.08. The van der Waals surface area contributed by atoms with E-state index in [2.05, 4.69) is 0 Å². The molecule has 0 aliphatic rings. The van der Waals surface area contributed by atoms with Crippen molar-refractivity contribution in [2.45, 2.75) is 11.5 Å². The van der Waals surface area contributed by atoms with E-state index in [1.54, 1.807) is 23.0 Å². The van der Waals surface area contributed by atoms with E-state index < -0.39 is 14.7 Å². The van der Waals surface area contributed by atoms with Gasteiger partial charge in [-0.15, -0.1) is 0 Å². The molecule has 0 atom stereocenters. The smallest absolute Gasteiger partial charge is 0.216 e. The Balaban J connectivity index is 1.55. The molecular weight excluding hydrogens is 565 g/mol. The highest BCUT2D eigenvalue weighted by Gasteiger charge is 2.22. The van der Waals surface area contributed by atoms with Gasteiger partial charge in [-0.25, -0.2) is 13.1 Å². The molecule has 0 unspecified atom stereocenters. The van der Waals surface area contributed by atoms with Crippen molar-refractivity contribution < 1.29 is 13.2 Å². The van der Waals surface area contributed by atoms with Crippen molar-refractivity contribution in [1.82, 2.24) is 9.78 Å². The van der Waals surface area contributed by atoms with E-state index in [0.717, 1.165) is 11.3 Å². The monoisotopic (exact) mass is 585 g/mol. The summed E-state index contributed by atoms with van der Waals surface area (Å²) in [5.41, 5.74) is 3.36. The molecule has 0 fully saturated rings. The van der Waals surface area contributed by atoms with E-state index in [4.69, 9.17) is 33.0 Å². The highest BCUT2D eigenvalue weighted by atomic mass is 35.5. The van der Waals surface area contributed by atoms with Crippen LogP contribution in [0.1, 0.15) is 11.1 Å². The van der Waals surface area contributed by atoms with Gasteiger partial charge in [0.15, 0.2) is 0 Å². The predicted octanol–water partition coefficient (Wildman–Crippen LogP) is 7.76. The average Bonchev–Trinajstić information content (AvgIpc) is 3.40. The van der Waals surface area contributed by atoms with E-state index in [1.807, 2.05) is 72.8 Å². The van der Waals surface area contributed by atoms with Crippen LogP contribution >= 0.6 is 23.2 Å². The maximum Gasteiger partial charge on any atom is 0.216 e. The average molecular weight is 587 g/mol. The van der Waals surface area contributed by atoms with Gasteiger partial charge in [-0.2, -0.15) is 10.4 Å². The highest BCUT2D eigenvalue weighted by Crippen LogP contribution is 2.31. The Bertz CT molecular complexity index is 1830. The third kappa shape index (κ3) is 6.11. The Hall–Kier alpha value is -4.35. The maximum absolute atomic E-state index is 13.3. The van der Waals surface area contributed by atoms with Gasteiger partial charge < -0.3 is 4.74 Å². The third-order valence-electron chi connectivity index (χ3n) is 6.00. The van der Waals surface area contributed by atoms with E-state index in [-0.39, 0.29) is 4.90 Å². The number of allylic oxidation sites excluding steroid dienone is 1. The van der Waals surface area contributed by atoms with Gasteiger partial charge in [0.25, 0.3) is 0 Å². The number of benzene rings is 4. The Morgan fingerprint density at radius 3 is 2.25 bits per heavy atom. The molecule has 198 valence electrons. The first-order valence-corrected chi connectivity index (χ1v) is 14.3. The SMILES string of the molecule is N#C/C(=C/c1cn(-c2ccccc2)nc1-c1cccc(OCc2ccc(Cl)cc2)c1)S(=O)(=O)c1ccc(Cl)cc1. The fraction of sp³-hybridized carbons (Fsp3) is 0.0323. The molecule has 0 saturated carbocycles. The first kappa shape index (κ1) is 27.2. The van der Waals surface area contributed by atoms with Crippen LogP contribution in [-0.4, -0.2) is 18.2 Å². The number of aromatic nitrogens is 2. The second kappa shape index (κ2) is 11.8. The van der Waals surface area contributed by atoms with Gasteiger partial charge in [-0.3, -0.25) is 0 Å². The number of nitrogens with zero attached hydrogens (tertiary/aromatic N) is 3. The summed E-state index contributed by atoms with van der Waals surface area (Å²) in [6.45, 7) is 0.337. The summed E-state index contributed by atoms with van der Waals surface area (Å²) in [6, 6.07) is 31.7. The van der Waals surface area contributed by atoms with E-state index >= 15 is 0 Å². The van der Waals surface area contributed by atoms with Crippen LogP contribution in [-0.2, 0) is 16.4 Å². The van der Waals surface area contributed by atoms with Gasteiger partial charge in [0, 0.05) is 27.4 Å². The molecule has 9 heteroatoms. The normalized spacial score (nSPS) is 11.7. The van der Waals surface area contributed by atoms with Crippen molar-refractivity contribution in [3.63, 3.8) is 0 Å². The van der Waals surface area contributed by atoms with Gasteiger partial charge in [-0.1, -0.05) is 65.7 Å². The van der Waals surface area contributed by atoms with Crippen molar-refractivity contribution in [2.24, 2.45) is 0 Å². The molecule has 0 saturated heterocycles. The number of hydrogen-bond donors (Lipinski definition) is 0. The summed E-state index contributed by atoms with van der Waals surface area (Å²) in [7, 11) is -4.10. The lowest BCUT2D eigenvalue weighted by molar-refractivity contribution is 0.306. The van der Waals surface area contributed by atoms with Crippen LogP contribution in [0.2, 0.25) is 10.0 Å². The van der Waals surface area contributed by atoms with E-state index in [0.29, 0.717) is 39.2 Å². The fourth-order valence-corrected chi connectivity index (χ4v) is 5.37. The van der Waals surface area contributed by atoms with Crippen LogP contribution in [0.3, 0.4) is 0 Å². The Morgan fingerprint density at radius 1 is 0.900 bits per heavy atom. The third-order valence-corrected chi connectivity index (χ3v) is 8.18. The van der Waals surface area contributed by atoms with Crippen molar-refractivity contribution in [3.8, 4) is 28.8 Å². The quantitative estimate of drug-likeness (QED) is 0.174. The molecule has 0 aliphatic carbocycles. The molecule has 0 bridgehead atoms. The van der Waals surface area contributed by atoms with Crippen LogP contribution in [0.5, 0.6) is 5.75 Å². The molecule has 6 nitrogen and oxygen atoms in total. The summed E-state index contributed by atoms with van der Waals surface area (Å²) in [5, 5.41) is 15.7. The number of nitriles is 1. The number of ether oxygens (including phenoxy) is 1. The summed E-state index contributed by atoms with van der Waals surface area (Å²) in [4.78, 5) is -0.446. The topological polar surface area (TPSA) is 85.0 Å². The van der Waals surface area contributed by atoms with Crippen LogP contribution in [0, 0.1) is 11.3 Å². The molecule has 5 aromatic rings. The molecule has 1 aromatic heterocycles. The molecule has 1 heterocycles. The molecule has 0 radical (unpaired) electrons. The molecule has 0 N–H and O–H groups in total.